The molecule has 0 saturated carbocycles. The number of carbonyl (C=O) groups is 2. The summed E-state index contributed by atoms with van der Waals surface area (Å²) in [5.74, 6) is 0. The van der Waals surface area contributed by atoms with Gasteiger partial charge in [-0.25, -0.2) is 0 Å². The first-order valence-electron chi connectivity index (χ1n) is 4.99. The van der Waals surface area contributed by atoms with Crippen molar-refractivity contribution in [1.29, 1.82) is 0 Å². The first-order valence-corrected chi connectivity index (χ1v) is 4.99. The molecule has 0 spiro atoms. The fourth-order valence-electron chi connectivity index (χ4n) is 1.06. The first kappa shape index (κ1) is 14.2. The molecular formula is C12H18N2O2. The molecule has 0 fully saturated rings. The molecule has 0 atom stereocenters. The van der Waals surface area contributed by atoms with Crippen LogP contribution >= 0.6 is 0 Å². The maximum absolute atomic E-state index is 10.1. The Morgan fingerprint density at radius 2 is 1.81 bits per heavy atom. The molecular weight excluding hydrogens is 204 g/mol. The molecule has 0 heterocycles. The van der Waals surface area contributed by atoms with Gasteiger partial charge in [0.1, 0.15) is 0 Å². The third-order valence-corrected chi connectivity index (χ3v) is 1.87. The maximum Gasteiger partial charge on any atom is 0.211 e. The standard InChI is InChI=1S/C12H18N2O2/c1-10(2)12(4-5-13-8-15)6-11(3)7-14-9-16/h4-6,8-9H,7H2,1-3H3,(H,13,15)(H,14,16)/b5-4-,11-6+. The van der Waals surface area contributed by atoms with Crippen molar-refractivity contribution in [1.82, 2.24) is 10.6 Å². The lowest BCUT2D eigenvalue weighted by Gasteiger charge is -2.03. The molecule has 0 rings (SSSR count). The Morgan fingerprint density at radius 1 is 1.12 bits per heavy atom. The van der Waals surface area contributed by atoms with E-state index >= 15 is 0 Å². The van der Waals surface area contributed by atoms with Gasteiger partial charge < -0.3 is 10.6 Å². The minimum atomic E-state index is 0.523. The molecule has 88 valence electrons. The second kappa shape index (κ2) is 8.47. The van der Waals surface area contributed by atoms with E-state index in [1.165, 1.54) is 0 Å². The van der Waals surface area contributed by atoms with E-state index in [0.29, 0.717) is 19.4 Å². The summed E-state index contributed by atoms with van der Waals surface area (Å²) in [4.78, 5) is 20.2. The topological polar surface area (TPSA) is 58.2 Å². The van der Waals surface area contributed by atoms with Crippen LogP contribution in [0.3, 0.4) is 0 Å². The summed E-state index contributed by atoms with van der Waals surface area (Å²) in [5.41, 5.74) is 3.19. The van der Waals surface area contributed by atoms with Gasteiger partial charge in [0.2, 0.25) is 12.8 Å². The van der Waals surface area contributed by atoms with Crippen LogP contribution in [-0.2, 0) is 9.59 Å². The van der Waals surface area contributed by atoms with Gasteiger partial charge in [-0.2, -0.15) is 0 Å². The van der Waals surface area contributed by atoms with Gasteiger partial charge >= 0.3 is 0 Å². The van der Waals surface area contributed by atoms with Gasteiger partial charge in [-0.05, 0) is 32.4 Å². The van der Waals surface area contributed by atoms with Gasteiger partial charge in [0, 0.05) is 12.7 Å². The highest BCUT2D eigenvalue weighted by atomic mass is 16.1. The summed E-state index contributed by atoms with van der Waals surface area (Å²) >= 11 is 0. The highest BCUT2D eigenvalue weighted by molar-refractivity contribution is 5.49. The largest absolute Gasteiger partial charge is 0.355 e. The average Bonchev–Trinajstić information content (AvgIpc) is 2.25. The van der Waals surface area contributed by atoms with Crippen molar-refractivity contribution in [3.63, 3.8) is 0 Å². The van der Waals surface area contributed by atoms with E-state index in [2.05, 4.69) is 10.6 Å². The van der Waals surface area contributed by atoms with Crippen LogP contribution in [0.4, 0.5) is 0 Å². The normalized spacial score (nSPS) is 11.1. The second-order valence-electron chi connectivity index (χ2n) is 3.56. The zero-order valence-electron chi connectivity index (χ0n) is 9.91. The molecule has 0 saturated heterocycles. The van der Waals surface area contributed by atoms with E-state index in [9.17, 15) is 9.59 Å². The molecule has 0 aromatic heterocycles. The summed E-state index contributed by atoms with van der Waals surface area (Å²) in [6, 6.07) is 0. The van der Waals surface area contributed by atoms with Crippen LogP contribution in [0.1, 0.15) is 20.8 Å². The number of amides is 2. The van der Waals surface area contributed by atoms with Crippen molar-refractivity contribution in [2.75, 3.05) is 6.54 Å². The molecule has 0 aromatic rings. The lowest BCUT2D eigenvalue weighted by molar-refractivity contribution is -0.109. The van der Waals surface area contributed by atoms with E-state index in [1.807, 2.05) is 32.9 Å². The third-order valence-electron chi connectivity index (χ3n) is 1.87. The summed E-state index contributed by atoms with van der Waals surface area (Å²) in [7, 11) is 0. The number of carbonyl (C=O) groups excluding carboxylic acids is 2. The Kier molecular flexibility index (Phi) is 7.49. The fraction of sp³-hybridized carbons (Fsp3) is 0.333. The van der Waals surface area contributed by atoms with Gasteiger partial charge in [0.25, 0.3) is 0 Å². The Hall–Kier alpha value is -1.84. The summed E-state index contributed by atoms with van der Waals surface area (Å²) in [6.07, 6.45) is 6.64. The number of rotatable bonds is 7. The van der Waals surface area contributed by atoms with E-state index in [-0.39, 0.29) is 0 Å². The van der Waals surface area contributed by atoms with Gasteiger partial charge in [-0.1, -0.05) is 17.2 Å². The van der Waals surface area contributed by atoms with Crippen molar-refractivity contribution in [3.05, 3.63) is 35.1 Å². The van der Waals surface area contributed by atoms with E-state index in [4.69, 9.17) is 0 Å². The monoisotopic (exact) mass is 222 g/mol. The molecule has 0 radical (unpaired) electrons. The summed E-state index contributed by atoms with van der Waals surface area (Å²) < 4.78 is 0. The van der Waals surface area contributed by atoms with E-state index < -0.39 is 0 Å². The second-order valence-corrected chi connectivity index (χ2v) is 3.56. The molecule has 4 heteroatoms. The SMILES string of the molecule is CC(C)=C(/C=C\NC=O)/C=C(\C)CNC=O. The molecule has 4 nitrogen and oxygen atoms in total. The lowest BCUT2D eigenvalue weighted by atomic mass is 10.1. The number of hydrogen-bond acceptors (Lipinski definition) is 2. The predicted octanol–water partition coefficient (Wildman–Crippen LogP) is 1.27. The van der Waals surface area contributed by atoms with Crippen molar-refractivity contribution < 1.29 is 9.59 Å². The van der Waals surface area contributed by atoms with Crippen LogP contribution in [0.2, 0.25) is 0 Å². The molecule has 2 N–H and O–H groups in total. The minimum Gasteiger partial charge on any atom is -0.355 e. The maximum atomic E-state index is 10.1. The van der Waals surface area contributed by atoms with Gasteiger partial charge in [-0.3, -0.25) is 9.59 Å². The molecule has 0 aliphatic carbocycles. The van der Waals surface area contributed by atoms with Crippen LogP contribution in [0.5, 0.6) is 0 Å². The molecule has 0 aliphatic heterocycles. The molecule has 0 aliphatic rings. The molecule has 0 unspecified atom stereocenters. The van der Waals surface area contributed by atoms with Crippen LogP contribution in [-0.4, -0.2) is 19.4 Å². The number of allylic oxidation sites excluding steroid dienone is 4. The molecule has 0 bridgehead atoms. The zero-order valence-corrected chi connectivity index (χ0v) is 9.91. The van der Waals surface area contributed by atoms with E-state index in [1.54, 1.807) is 6.20 Å². The Bertz CT molecular complexity index is 324. The fourth-order valence-corrected chi connectivity index (χ4v) is 1.06. The van der Waals surface area contributed by atoms with Gasteiger partial charge in [0.05, 0.1) is 0 Å². The highest BCUT2D eigenvalue weighted by Crippen LogP contribution is 2.09. The average molecular weight is 222 g/mol. The van der Waals surface area contributed by atoms with Gasteiger partial charge in [0.15, 0.2) is 0 Å². The smallest absolute Gasteiger partial charge is 0.211 e. The molecule has 2 amide bonds. The Morgan fingerprint density at radius 3 is 2.31 bits per heavy atom. The summed E-state index contributed by atoms with van der Waals surface area (Å²) in [5, 5.41) is 5.05. The molecule has 16 heavy (non-hydrogen) atoms. The number of nitrogens with one attached hydrogen (secondary N) is 2. The first-order chi connectivity index (χ1) is 7.61. The zero-order chi connectivity index (χ0) is 12.4. The quantitative estimate of drug-likeness (QED) is 0.503. The van der Waals surface area contributed by atoms with Crippen LogP contribution in [0.15, 0.2) is 35.1 Å². The number of hydrogen-bond donors (Lipinski definition) is 2. The molecule has 0 aromatic carbocycles. The highest BCUT2D eigenvalue weighted by Gasteiger charge is 1.93. The lowest BCUT2D eigenvalue weighted by Crippen LogP contribution is -2.13. The van der Waals surface area contributed by atoms with Gasteiger partial charge in [-0.15, -0.1) is 0 Å². The Labute approximate surface area is 96.1 Å². The Balaban J connectivity index is 4.63. The van der Waals surface area contributed by atoms with Crippen LogP contribution < -0.4 is 10.6 Å². The van der Waals surface area contributed by atoms with Crippen molar-refractivity contribution in [2.45, 2.75) is 20.8 Å². The third kappa shape index (κ3) is 6.59. The van der Waals surface area contributed by atoms with E-state index in [0.717, 1.165) is 16.7 Å². The van der Waals surface area contributed by atoms with Crippen molar-refractivity contribution in [2.24, 2.45) is 0 Å². The van der Waals surface area contributed by atoms with Crippen molar-refractivity contribution in [3.8, 4) is 0 Å². The predicted molar refractivity (Wildman–Crippen MR) is 64.5 cm³/mol. The van der Waals surface area contributed by atoms with Crippen molar-refractivity contribution >= 4 is 12.8 Å². The van der Waals surface area contributed by atoms with Crippen LogP contribution in [0.25, 0.3) is 0 Å². The summed E-state index contributed by atoms with van der Waals surface area (Å²) in [6.45, 7) is 6.42. The minimum absolute atomic E-state index is 0.523. The van der Waals surface area contributed by atoms with Crippen LogP contribution in [0, 0.1) is 0 Å².